The lowest BCUT2D eigenvalue weighted by Gasteiger charge is -2.34. The smallest absolute Gasteiger partial charge is 0.126 e. The molecular weight excluding hydrogens is 302 g/mol. The van der Waals surface area contributed by atoms with Crippen molar-refractivity contribution in [2.75, 3.05) is 25.1 Å². The van der Waals surface area contributed by atoms with Gasteiger partial charge in [0, 0.05) is 43.3 Å². The Kier molecular flexibility index (Phi) is 5.82. The molecule has 1 saturated heterocycles. The first-order valence-corrected chi connectivity index (χ1v) is 8.77. The Hall–Kier alpha value is -1.92. The highest BCUT2D eigenvalue weighted by molar-refractivity contribution is 6.07. The van der Waals surface area contributed by atoms with Crippen molar-refractivity contribution in [3.8, 4) is 0 Å². The second-order valence-electron chi connectivity index (χ2n) is 6.62. The van der Waals surface area contributed by atoms with Gasteiger partial charge in [-0.05, 0) is 50.3 Å². The summed E-state index contributed by atoms with van der Waals surface area (Å²) in [5, 5.41) is 14.5. The van der Waals surface area contributed by atoms with Crippen molar-refractivity contribution in [1.29, 1.82) is 5.41 Å². The summed E-state index contributed by atoms with van der Waals surface area (Å²) >= 11 is 0. The maximum absolute atomic E-state index is 7.69. The molecule has 3 rings (SSSR count). The van der Waals surface area contributed by atoms with E-state index in [1.165, 1.54) is 6.21 Å². The summed E-state index contributed by atoms with van der Waals surface area (Å²) in [7, 11) is 0. The number of allylic oxidation sites excluding steroid dienone is 1. The fourth-order valence-electron chi connectivity index (χ4n) is 3.19. The van der Waals surface area contributed by atoms with Gasteiger partial charge >= 0.3 is 0 Å². The topological polar surface area (TPSA) is 96.1 Å². The minimum Gasteiger partial charge on any atom is -0.388 e. The van der Waals surface area contributed by atoms with Gasteiger partial charge in [-0.2, -0.15) is 0 Å². The number of hydrogen-bond donors (Lipinski definition) is 4. The molecule has 6 nitrogen and oxygen atoms in total. The molecule has 2 heterocycles. The lowest BCUT2D eigenvalue weighted by Crippen LogP contribution is -2.41. The number of nitrogens with one attached hydrogen (secondary N) is 3. The van der Waals surface area contributed by atoms with Crippen LogP contribution in [0.2, 0.25) is 0 Å². The molecular formula is C18H27N5O. The van der Waals surface area contributed by atoms with Gasteiger partial charge in [0.2, 0.25) is 0 Å². The van der Waals surface area contributed by atoms with Crippen molar-refractivity contribution in [3.05, 3.63) is 30.1 Å². The van der Waals surface area contributed by atoms with Gasteiger partial charge in [0.05, 0.1) is 5.69 Å². The number of ether oxygens (including phenoxy) is 1. The molecule has 2 aliphatic rings. The molecule has 6 heteroatoms. The van der Waals surface area contributed by atoms with Gasteiger partial charge in [-0.25, -0.2) is 4.98 Å². The molecule has 0 unspecified atom stereocenters. The SMILES string of the molecule is N=C/C(=C\NC1CC(CN)C1)c1cccc(NC2CCOCC2)n1. The van der Waals surface area contributed by atoms with Crippen molar-refractivity contribution in [1.82, 2.24) is 10.3 Å². The van der Waals surface area contributed by atoms with Crippen molar-refractivity contribution >= 4 is 17.6 Å². The molecule has 0 atom stereocenters. The van der Waals surface area contributed by atoms with Gasteiger partial charge in [-0.3, -0.25) is 0 Å². The van der Waals surface area contributed by atoms with Gasteiger partial charge in [0.15, 0.2) is 0 Å². The van der Waals surface area contributed by atoms with Crippen LogP contribution >= 0.6 is 0 Å². The van der Waals surface area contributed by atoms with E-state index in [4.69, 9.17) is 15.9 Å². The van der Waals surface area contributed by atoms with Gasteiger partial charge in [-0.1, -0.05) is 6.07 Å². The first kappa shape index (κ1) is 16.9. The molecule has 0 bridgehead atoms. The van der Waals surface area contributed by atoms with Crippen LogP contribution in [-0.4, -0.2) is 43.0 Å². The van der Waals surface area contributed by atoms with Crippen molar-refractivity contribution in [3.63, 3.8) is 0 Å². The van der Waals surface area contributed by atoms with Crippen molar-refractivity contribution < 1.29 is 4.74 Å². The van der Waals surface area contributed by atoms with Gasteiger partial charge in [-0.15, -0.1) is 0 Å². The molecule has 5 N–H and O–H groups in total. The van der Waals surface area contributed by atoms with Crippen molar-refractivity contribution in [2.24, 2.45) is 11.7 Å². The average Bonchev–Trinajstić information content (AvgIpc) is 2.58. The molecule has 1 aliphatic heterocycles. The maximum Gasteiger partial charge on any atom is 0.126 e. The van der Waals surface area contributed by atoms with Gasteiger partial charge < -0.3 is 26.5 Å². The van der Waals surface area contributed by atoms with Crippen LogP contribution < -0.4 is 16.4 Å². The highest BCUT2D eigenvalue weighted by Crippen LogP contribution is 2.26. The largest absolute Gasteiger partial charge is 0.388 e. The van der Waals surface area contributed by atoms with Gasteiger partial charge in [0.25, 0.3) is 0 Å². The molecule has 0 amide bonds. The predicted molar refractivity (Wildman–Crippen MR) is 97.2 cm³/mol. The molecule has 1 aliphatic carbocycles. The van der Waals surface area contributed by atoms with Crippen LogP contribution in [0.3, 0.4) is 0 Å². The predicted octanol–water partition coefficient (Wildman–Crippen LogP) is 1.99. The molecule has 1 saturated carbocycles. The van der Waals surface area contributed by atoms with E-state index in [9.17, 15) is 0 Å². The lowest BCUT2D eigenvalue weighted by atomic mass is 9.80. The Morgan fingerprint density at radius 2 is 2.08 bits per heavy atom. The Morgan fingerprint density at radius 3 is 2.79 bits per heavy atom. The van der Waals surface area contributed by atoms with Gasteiger partial charge in [0.1, 0.15) is 5.82 Å². The molecule has 130 valence electrons. The third-order valence-corrected chi connectivity index (χ3v) is 4.82. The highest BCUT2D eigenvalue weighted by atomic mass is 16.5. The van der Waals surface area contributed by atoms with E-state index in [0.717, 1.165) is 62.5 Å². The fraction of sp³-hybridized carbons (Fsp3) is 0.556. The Balaban J connectivity index is 1.61. The van der Waals surface area contributed by atoms with Crippen LogP contribution in [0.25, 0.3) is 5.57 Å². The van der Waals surface area contributed by atoms with Crippen LogP contribution in [0.5, 0.6) is 0 Å². The maximum atomic E-state index is 7.69. The summed E-state index contributed by atoms with van der Waals surface area (Å²) in [6.45, 7) is 2.37. The van der Waals surface area contributed by atoms with E-state index in [0.29, 0.717) is 18.0 Å². The molecule has 1 aromatic rings. The summed E-state index contributed by atoms with van der Waals surface area (Å²) < 4.78 is 5.39. The summed E-state index contributed by atoms with van der Waals surface area (Å²) in [4.78, 5) is 4.66. The summed E-state index contributed by atoms with van der Waals surface area (Å²) in [5.74, 6) is 1.50. The number of rotatable bonds is 7. The summed E-state index contributed by atoms with van der Waals surface area (Å²) in [6, 6.07) is 6.78. The lowest BCUT2D eigenvalue weighted by molar-refractivity contribution is 0.0904. The summed E-state index contributed by atoms with van der Waals surface area (Å²) in [5.41, 5.74) is 7.26. The third kappa shape index (κ3) is 4.33. The zero-order valence-corrected chi connectivity index (χ0v) is 14.0. The second-order valence-corrected chi connectivity index (χ2v) is 6.62. The van der Waals surface area contributed by atoms with Crippen LogP contribution in [0.1, 0.15) is 31.4 Å². The number of hydrogen-bond acceptors (Lipinski definition) is 6. The van der Waals surface area contributed by atoms with E-state index in [1.54, 1.807) is 0 Å². The first-order chi connectivity index (χ1) is 11.8. The minimum atomic E-state index is 0.412. The number of pyridine rings is 1. The normalized spacial score (nSPS) is 25.0. The fourth-order valence-corrected chi connectivity index (χ4v) is 3.19. The molecule has 0 spiro atoms. The zero-order chi connectivity index (χ0) is 16.8. The average molecular weight is 329 g/mol. The monoisotopic (exact) mass is 329 g/mol. The Labute approximate surface area is 143 Å². The summed E-state index contributed by atoms with van der Waals surface area (Å²) in [6.07, 6.45) is 7.49. The van der Waals surface area contributed by atoms with Crippen molar-refractivity contribution in [2.45, 2.75) is 37.8 Å². The number of nitrogens with zero attached hydrogens (tertiary/aromatic N) is 1. The number of anilines is 1. The Morgan fingerprint density at radius 1 is 1.29 bits per heavy atom. The zero-order valence-electron chi connectivity index (χ0n) is 14.0. The second kappa shape index (κ2) is 8.26. The number of nitrogens with two attached hydrogens (primary N) is 1. The van der Waals surface area contributed by atoms with E-state index in [-0.39, 0.29) is 0 Å². The quantitative estimate of drug-likeness (QED) is 0.574. The van der Waals surface area contributed by atoms with E-state index < -0.39 is 0 Å². The highest BCUT2D eigenvalue weighted by Gasteiger charge is 2.26. The first-order valence-electron chi connectivity index (χ1n) is 8.77. The van der Waals surface area contributed by atoms with E-state index in [2.05, 4.69) is 15.6 Å². The van der Waals surface area contributed by atoms with E-state index in [1.807, 2.05) is 24.4 Å². The van der Waals surface area contributed by atoms with Crippen LogP contribution in [-0.2, 0) is 4.74 Å². The van der Waals surface area contributed by atoms with Crippen LogP contribution in [0.15, 0.2) is 24.4 Å². The molecule has 0 aromatic carbocycles. The minimum absolute atomic E-state index is 0.412. The standard InChI is InChI=1S/C18H27N5O/c19-10-13-8-16(9-13)21-12-14(11-20)17-2-1-3-18(23-17)22-15-4-6-24-7-5-15/h1-3,11-13,15-16,20-21H,4-10,19H2,(H,22,23)/b14-12+,20-11?. The molecule has 0 radical (unpaired) electrons. The van der Waals surface area contributed by atoms with Crippen LogP contribution in [0, 0.1) is 11.3 Å². The number of aromatic nitrogens is 1. The Bertz CT molecular complexity index is 577. The van der Waals surface area contributed by atoms with Crippen LogP contribution in [0.4, 0.5) is 5.82 Å². The molecule has 1 aromatic heterocycles. The third-order valence-electron chi connectivity index (χ3n) is 4.82. The van der Waals surface area contributed by atoms with E-state index >= 15 is 0 Å². The molecule has 24 heavy (non-hydrogen) atoms. The molecule has 2 fully saturated rings.